The van der Waals surface area contributed by atoms with Crippen molar-refractivity contribution in [2.45, 2.75) is 65.5 Å². The summed E-state index contributed by atoms with van der Waals surface area (Å²) in [4.78, 5) is 40.2. The van der Waals surface area contributed by atoms with Gasteiger partial charge in [0.1, 0.15) is 17.5 Å². The van der Waals surface area contributed by atoms with E-state index in [-0.39, 0.29) is 23.5 Å². The van der Waals surface area contributed by atoms with Gasteiger partial charge in [-0.15, -0.1) is 0 Å². The number of hydrogen-bond acceptors (Lipinski definition) is 4. The highest BCUT2D eigenvalue weighted by Crippen LogP contribution is 2.25. The van der Waals surface area contributed by atoms with Gasteiger partial charge in [-0.25, -0.2) is 0 Å². The van der Waals surface area contributed by atoms with E-state index in [9.17, 15) is 18.6 Å². The van der Waals surface area contributed by atoms with Gasteiger partial charge in [0.15, 0.2) is 0 Å². The Morgan fingerprint density at radius 2 is 1.60 bits per heavy atom. The molecule has 35 heavy (non-hydrogen) atoms. The Balaban J connectivity index is 1.71. The van der Waals surface area contributed by atoms with E-state index in [0.717, 1.165) is 42.4 Å². The zero-order chi connectivity index (χ0) is 25.5. The maximum atomic E-state index is 13.4. The highest BCUT2D eigenvalue weighted by molar-refractivity contribution is 7.86. The van der Waals surface area contributed by atoms with E-state index in [1.54, 1.807) is 19.1 Å². The van der Waals surface area contributed by atoms with Crippen molar-refractivity contribution in [2.75, 3.05) is 21.7 Å². The molecular weight excluding hydrogens is 462 g/mol. The highest BCUT2D eigenvalue weighted by Gasteiger charge is 2.31. The van der Waals surface area contributed by atoms with Crippen molar-refractivity contribution in [3.8, 4) is 0 Å². The van der Waals surface area contributed by atoms with Crippen molar-refractivity contribution in [3.05, 3.63) is 59.2 Å². The van der Waals surface area contributed by atoms with Crippen molar-refractivity contribution < 1.29 is 18.6 Å². The van der Waals surface area contributed by atoms with Gasteiger partial charge in [-0.3, -0.25) is 23.5 Å². The fourth-order valence-corrected chi connectivity index (χ4v) is 5.26. The minimum absolute atomic E-state index is 0.126. The molecule has 0 bridgehead atoms. The molecule has 2 aromatic carbocycles. The molecule has 188 valence electrons. The van der Waals surface area contributed by atoms with Crippen LogP contribution in [0.3, 0.4) is 0 Å². The van der Waals surface area contributed by atoms with Gasteiger partial charge in [0.25, 0.3) is 0 Å². The van der Waals surface area contributed by atoms with Crippen LogP contribution in [-0.2, 0) is 25.2 Å². The lowest BCUT2D eigenvalue weighted by atomic mass is 10.1. The smallest absolute Gasteiger partial charge is 0.243 e. The molecule has 0 spiro atoms. The topological polar surface area (TPSA) is 95.6 Å². The summed E-state index contributed by atoms with van der Waals surface area (Å²) in [5, 5.41) is 5.77. The van der Waals surface area contributed by atoms with E-state index in [1.807, 2.05) is 51.1 Å². The molecular formula is C27H35N3O4S. The van der Waals surface area contributed by atoms with E-state index in [0.29, 0.717) is 11.4 Å². The van der Waals surface area contributed by atoms with Crippen LogP contribution < -0.4 is 15.5 Å². The van der Waals surface area contributed by atoms with Crippen molar-refractivity contribution in [2.24, 2.45) is 0 Å². The molecule has 0 aliphatic heterocycles. The first kappa shape index (κ1) is 26.6. The predicted molar refractivity (Wildman–Crippen MR) is 141 cm³/mol. The lowest BCUT2D eigenvalue weighted by Gasteiger charge is -2.31. The Kier molecular flexibility index (Phi) is 9.20. The molecule has 2 N–H and O–H groups in total. The lowest BCUT2D eigenvalue weighted by molar-refractivity contribution is -0.125. The van der Waals surface area contributed by atoms with Gasteiger partial charge in [0, 0.05) is 28.2 Å². The number of benzene rings is 2. The Bertz CT molecular complexity index is 1090. The van der Waals surface area contributed by atoms with E-state index < -0.39 is 28.7 Å². The van der Waals surface area contributed by atoms with Crippen LogP contribution in [-0.4, -0.2) is 45.5 Å². The van der Waals surface area contributed by atoms with Crippen molar-refractivity contribution in [1.29, 1.82) is 0 Å². The molecule has 2 aromatic rings. The van der Waals surface area contributed by atoms with Crippen molar-refractivity contribution in [3.63, 3.8) is 0 Å². The maximum Gasteiger partial charge on any atom is 0.243 e. The number of anilines is 2. The summed E-state index contributed by atoms with van der Waals surface area (Å²) in [5.74, 6) is -1.76. The van der Waals surface area contributed by atoms with Crippen LogP contribution in [0, 0.1) is 20.8 Å². The monoisotopic (exact) mass is 497 g/mol. The molecule has 2 atom stereocenters. The molecule has 3 rings (SSSR count). The predicted octanol–water partition coefficient (Wildman–Crippen LogP) is 3.78. The average molecular weight is 498 g/mol. The minimum Gasteiger partial charge on any atom is -0.352 e. The highest BCUT2D eigenvalue weighted by atomic mass is 32.2. The first-order chi connectivity index (χ1) is 16.6. The molecule has 1 aliphatic rings. The van der Waals surface area contributed by atoms with Gasteiger partial charge in [0.2, 0.25) is 17.7 Å². The summed E-state index contributed by atoms with van der Waals surface area (Å²) in [5.41, 5.74) is 4.17. The molecule has 0 saturated heterocycles. The number of aryl methyl sites for hydroxylation is 3. The lowest BCUT2D eigenvalue weighted by Crippen LogP contribution is -2.51. The summed E-state index contributed by atoms with van der Waals surface area (Å²) in [6.45, 7) is 7.48. The summed E-state index contributed by atoms with van der Waals surface area (Å²) >= 11 is 0. The SMILES string of the molecule is Cc1ccc(NC(=O)C[S@@](=O)CC(=O)N(c2ccc(C)cc2C)[C@H](C)C(=O)NC2CCCC2)cc1. The molecule has 0 aromatic heterocycles. The van der Waals surface area contributed by atoms with E-state index in [2.05, 4.69) is 10.6 Å². The second-order valence-electron chi connectivity index (χ2n) is 9.36. The Hall–Kier alpha value is -3.00. The van der Waals surface area contributed by atoms with Crippen LogP contribution in [0.25, 0.3) is 0 Å². The Labute approximate surface area is 210 Å². The third-order valence-corrected chi connectivity index (χ3v) is 7.41. The quantitative estimate of drug-likeness (QED) is 0.551. The van der Waals surface area contributed by atoms with Crippen LogP contribution in [0.2, 0.25) is 0 Å². The number of hydrogen-bond donors (Lipinski definition) is 2. The fraction of sp³-hybridized carbons (Fsp3) is 0.444. The summed E-state index contributed by atoms with van der Waals surface area (Å²) in [6.07, 6.45) is 4.05. The molecule has 1 fully saturated rings. The second kappa shape index (κ2) is 12.1. The fourth-order valence-electron chi connectivity index (χ4n) is 4.38. The molecule has 1 saturated carbocycles. The zero-order valence-electron chi connectivity index (χ0n) is 20.9. The average Bonchev–Trinajstić information content (AvgIpc) is 3.29. The molecule has 0 unspecified atom stereocenters. The van der Waals surface area contributed by atoms with Crippen LogP contribution in [0.4, 0.5) is 11.4 Å². The normalized spacial score (nSPS) is 15.3. The van der Waals surface area contributed by atoms with Gasteiger partial charge < -0.3 is 10.6 Å². The molecule has 7 nitrogen and oxygen atoms in total. The summed E-state index contributed by atoms with van der Waals surface area (Å²) in [7, 11) is -1.73. The Morgan fingerprint density at radius 3 is 2.23 bits per heavy atom. The third kappa shape index (κ3) is 7.49. The van der Waals surface area contributed by atoms with Crippen molar-refractivity contribution in [1.82, 2.24) is 5.32 Å². The van der Waals surface area contributed by atoms with Gasteiger partial charge in [0.05, 0.1) is 0 Å². The largest absolute Gasteiger partial charge is 0.352 e. The maximum absolute atomic E-state index is 13.4. The van der Waals surface area contributed by atoms with Gasteiger partial charge >= 0.3 is 0 Å². The van der Waals surface area contributed by atoms with Crippen molar-refractivity contribution >= 4 is 39.9 Å². The van der Waals surface area contributed by atoms with Crippen LogP contribution in [0.15, 0.2) is 42.5 Å². The molecule has 3 amide bonds. The molecule has 1 aliphatic carbocycles. The number of rotatable bonds is 9. The zero-order valence-corrected chi connectivity index (χ0v) is 21.7. The molecule has 0 radical (unpaired) electrons. The first-order valence-corrected chi connectivity index (χ1v) is 13.5. The minimum atomic E-state index is -1.73. The van der Waals surface area contributed by atoms with Gasteiger partial charge in [-0.05, 0) is 64.3 Å². The number of nitrogens with one attached hydrogen (secondary N) is 2. The third-order valence-electron chi connectivity index (χ3n) is 6.26. The summed E-state index contributed by atoms with van der Waals surface area (Å²) in [6, 6.07) is 12.3. The van der Waals surface area contributed by atoms with Crippen LogP contribution in [0.5, 0.6) is 0 Å². The number of carbonyl (C=O) groups is 3. The molecule has 0 heterocycles. The van der Waals surface area contributed by atoms with E-state index in [1.165, 1.54) is 4.90 Å². The van der Waals surface area contributed by atoms with E-state index in [4.69, 9.17) is 0 Å². The van der Waals surface area contributed by atoms with Gasteiger partial charge in [-0.1, -0.05) is 48.2 Å². The summed E-state index contributed by atoms with van der Waals surface area (Å²) < 4.78 is 12.8. The van der Waals surface area contributed by atoms with Gasteiger partial charge in [-0.2, -0.15) is 0 Å². The standard InChI is InChI=1S/C27H35N3O4S/c1-18-9-12-23(13-10-18)28-25(31)16-35(34)17-26(32)30(24-14-11-19(2)15-20(24)3)21(4)27(33)29-22-7-5-6-8-22/h9-15,21-22H,5-8,16-17H2,1-4H3,(H,28,31)(H,29,33)/t21-,35-/m1/s1. The molecule has 8 heteroatoms. The Morgan fingerprint density at radius 1 is 0.971 bits per heavy atom. The van der Waals surface area contributed by atoms with Crippen LogP contribution in [0.1, 0.15) is 49.3 Å². The number of carbonyl (C=O) groups excluding carboxylic acids is 3. The van der Waals surface area contributed by atoms with E-state index >= 15 is 0 Å². The number of nitrogens with zero attached hydrogens (tertiary/aromatic N) is 1. The first-order valence-electron chi connectivity index (χ1n) is 12.0. The number of amides is 3. The van der Waals surface area contributed by atoms with Crippen LogP contribution >= 0.6 is 0 Å². The second-order valence-corrected chi connectivity index (χ2v) is 10.8.